The molecule has 4 aliphatic rings. The zero-order valence-corrected chi connectivity index (χ0v) is 52.3. The first-order valence-corrected chi connectivity index (χ1v) is 30.9. The average molecular weight is 1090 g/mol. The second-order valence-electron chi connectivity index (χ2n) is 29.9. The number of rotatable bonds is 8. The SMILES string of the molecule is CC(C)(C)c1cc2c3c(c1)N(c1ccc(C(C)(C)c4ccccc4)cc1-c1cccc(-c4ccccc4)c1)c1ccc(C(C)(C)c4ccccc4)cc1B3c1cc3c(cc1N2c1ccc2c(c1)C(C)(C)CCC2(C)C)C(C)(C)CCC3(C)C. The predicted molar refractivity (Wildman–Crippen MR) is 358 cm³/mol. The van der Waals surface area contributed by atoms with E-state index in [-0.39, 0.29) is 44.6 Å². The highest BCUT2D eigenvalue weighted by Gasteiger charge is 2.48. The van der Waals surface area contributed by atoms with Crippen LogP contribution in [0.25, 0.3) is 22.3 Å². The molecule has 9 aromatic carbocycles. The first kappa shape index (κ1) is 54.9. The zero-order valence-electron chi connectivity index (χ0n) is 52.3. The summed E-state index contributed by atoms with van der Waals surface area (Å²) >= 11 is 0. The highest BCUT2D eigenvalue weighted by molar-refractivity contribution is 7.00. The molecule has 0 aromatic heterocycles. The van der Waals surface area contributed by atoms with Gasteiger partial charge < -0.3 is 9.80 Å². The molecular weight excluding hydrogens is 1000 g/mol. The van der Waals surface area contributed by atoms with Crippen molar-refractivity contribution in [1.82, 2.24) is 0 Å². The molecule has 0 spiro atoms. The summed E-state index contributed by atoms with van der Waals surface area (Å²) in [6.07, 6.45) is 4.64. The summed E-state index contributed by atoms with van der Waals surface area (Å²) in [6, 6.07) is 75.6. The van der Waals surface area contributed by atoms with E-state index in [0.29, 0.717) is 0 Å². The fraction of sp³-hybridized carbons (Fsp3) is 0.325. The maximum absolute atomic E-state index is 2.74. The van der Waals surface area contributed by atoms with Crippen molar-refractivity contribution in [3.05, 3.63) is 244 Å². The van der Waals surface area contributed by atoms with E-state index < -0.39 is 0 Å². The number of fused-ring (bicyclic) bond motifs is 6. The van der Waals surface area contributed by atoms with Crippen LogP contribution in [0.2, 0.25) is 0 Å². The Morgan fingerprint density at radius 2 is 0.795 bits per heavy atom. The summed E-state index contributed by atoms with van der Waals surface area (Å²) < 4.78 is 0. The van der Waals surface area contributed by atoms with E-state index in [9.17, 15) is 0 Å². The van der Waals surface area contributed by atoms with Crippen LogP contribution in [0, 0.1) is 0 Å². The molecule has 3 heteroatoms. The maximum atomic E-state index is 2.74. The summed E-state index contributed by atoms with van der Waals surface area (Å²) in [7, 11) is 0. The lowest BCUT2D eigenvalue weighted by Gasteiger charge is -2.48. The second-order valence-corrected chi connectivity index (χ2v) is 29.9. The Kier molecular flexibility index (Phi) is 12.6. The van der Waals surface area contributed by atoms with Crippen LogP contribution < -0.4 is 26.2 Å². The summed E-state index contributed by atoms with van der Waals surface area (Å²) in [5.41, 5.74) is 28.3. The standard InChI is InChI=1S/C80H85BN2/c1-74(2,3)59-47-71-73-72(48-59)83(68-38-34-57(79(12,13)55-30-21-17-22-31-55)45-61(68)54-29-25-28-53(44-54)52-26-19-16-20-27-52)69-39-35-58(80(14,15)56-32-23-18-24-33-56)46-66(69)81(73)67-50-64-65(78(10,11)43-42-77(64,8)9)51-70(67)82(71)60-36-37-62-63(49-60)76(6,7)41-40-75(62,4)5/h16-39,44-51H,40-43H2,1-15H3. The monoisotopic (exact) mass is 1080 g/mol. The van der Waals surface area contributed by atoms with Crippen LogP contribution in [-0.2, 0) is 37.9 Å². The molecule has 418 valence electrons. The molecular formula is C80H85BN2. The summed E-state index contributed by atoms with van der Waals surface area (Å²) in [4.78, 5) is 5.45. The van der Waals surface area contributed by atoms with E-state index in [1.165, 1.54) is 129 Å². The largest absolute Gasteiger partial charge is 0.311 e. The van der Waals surface area contributed by atoms with Gasteiger partial charge in [0.15, 0.2) is 0 Å². The quantitative estimate of drug-likeness (QED) is 0.140. The number of benzene rings is 9. The molecule has 0 unspecified atom stereocenters. The van der Waals surface area contributed by atoms with Crippen LogP contribution in [-0.4, -0.2) is 6.71 Å². The van der Waals surface area contributed by atoms with Crippen LogP contribution in [0.5, 0.6) is 0 Å². The van der Waals surface area contributed by atoms with Gasteiger partial charge in [-0.1, -0.05) is 243 Å². The number of hydrogen-bond donors (Lipinski definition) is 0. The van der Waals surface area contributed by atoms with E-state index in [4.69, 9.17) is 0 Å². The third-order valence-electron chi connectivity index (χ3n) is 21.0. The fourth-order valence-electron chi connectivity index (χ4n) is 15.0. The van der Waals surface area contributed by atoms with Gasteiger partial charge in [0.25, 0.3) is 6.71 Å². The summed E-state index contributed by atoms with van der Waals surface area (Å²) in [6.45, 7) is 36.7. The first-order chi connectivity index (χ1) is 39.3. The molecule has 2 aliphatic carbocycles. The lowest BCUT2D eigenvalue weighted by atomic mass is 9.32. The predicted octanol–water partition coefficient (Wildman–Crippen LogP) is 19.8. The van der Waals surface area contributed by atoms with Crippen molar-refractivity contribution in [3.8, 4) is 22.3 Å². The molecule has 2 nitrogen and oxygen atoms in total. The van der Waals surface area contributed by atoms with Gasteiger partial charge in [-0.3, -0.25) is 0 Å². The molecule has 13 rings (SSSR count). The Labute approximate surface area is 498 Å². The van der Waals surface area contributed by atoms with Crippen LogP contribution >= 0.6 is 0 Å². The van der Waals surface area contributed by atoms with Gasteiger partial charge in [-0.15, -0.1) is 0 Å². The van der Waals surface area contributed by atoms with Crippen molar-refractivity contribution in [1.29, 1.82) is 0 Å². The van der Waals surface area contributed by atoms with Crippen LogP contribution in [0.1, 0.15) is 180 Å². The Morgan fingerprint density at radius 3 is 1.37 bits per heavy atom. The molecule has 2 aliphatic heterocycles. The number of hydrogen-bond acceptors (Lipinski definition) is 2. The minimum atomic E-state index is -0.275. The number of anilines is 6. The molecule has 0 atom stereocenters. The van der Waals surface area contributed by atoms with Gasteiger partial charge in [-0.05, 0) is 191 Å². The Hall–Kier alpha value is -7.36. The van der Waals surface area contributed by atoms with Crippen LogP contribution in [0.3, 0.4) is 0 Å². The molecule has 0 amide bonds. The lowest BCUT2D eigenvalue weighted by molar-refractivity contribution is 0.332. The third-order valence-corrected chi connectivity index (χ3v) is 21.0. The molecule has 0 saturated heterocycles. The second kappa shape index (κ2) is 19.1. The normalized spacial score (nSPS) is 17.2. The highest BCUT2D eigenvalue weighted by Crippen LogP contribution is 2.54. The Balaban J connectivity index is 1.17. The van der Waals surface area contributed by atoms with Crippen molar-refractivity contribution in [2.45, 2.75) is 167 Å². The van der Waals surface area contributed by atoms with Gasteiger partial charge in [0, 0.05) is 44.8 Å². The van der Waals surface area contributed by atoms with E-state index >= 15 is 0 Å². The van der Waals surface area contributed by atoms with Crippen molar-refractivity contribution in [3.63, 3.8) is 0 Å². The van der Waals surface area contributed by atoms with Crippen molar-refractivity contribution in [2.24, 2.45) is 0 Å². The molecule has 83 heavy (non-hydrogen) atoms. The zero-order chi connectivity index (χ0) is 58.4. The Bertz CT molecular complexity index is 4020. The topological polar surface area (TPSA) is 6.48 Å². The van der Waals surface area contributed by atoms with Gasteiger partial charge >= 0.3 is 0 Å². The van der Waals surface area contributed by atoms with Gasteiger partial charge in [-0.25, -0.2) is 0 Å². The van der Waals surface area contributed by atoms with E-state index in [2.05, 4.69) is 308 Å². The van der Waals surface area contributed by atoms with Gasteiger partial charge in [-0.2, -0.15) is 0 Å². The van der Waals surface area contributed by atoms with Crippen molar-refractivity contribution in [2.75, 3.05) is 9.80 Å². The van der Waals surface area contributed by atoms with E-state index in [1.807, 2.05) is 0 Å². The number of nitrogens with zero attached hydrogens (tertiary/aromatic N) is 2. The minimum Gasteiger partial charge on any atom is -0.311 e. The highest BCUT2D eigenvalue weighted by atomic mass is 15.2. The Morgan fingerprint density at radius 1 is 0.325 bits per heavy atom. The van der Waals surface area contributed by atoms with Crippen LogP contribution in [0.15, 0.2) is 194 Å². The van der Waals surface area contributed by atoms with Crippen molar-refractivity contribution < 1.29 is 0 Å². The molecule has 0 bridgehead atoms. The van der Waals surface area contributed by atoms with Crippen LogP contribution in [0.4, 0.5) is 34.1 Å². The summed E-state index contributed by atoms with van der Waals surface area (Å²) in [5, 5.41) is 0. The van der Waals surface area contributed by atoms with E-state index in [1.54, 1.807) is 0 Å². The molecule has 0 radical (unpaired) electrons. The van der Waals surface area contributed by atoms with Gasteiger partial charge in [0.1, 0.15) is 0 Å². The minimum absolute atomic E-state index is 0.00445. The average Bonchev–Trinajstić information content (AvgIpc) is 1.18. The van der Waals surface area contributed by atoms with Gasteiger partial charge in [0.2, 0.25) is 0 Å². The summed E-state index contributed by atoms with van der Waals surface area (Å²) in [5.74, 6) is 0. The molecule has 0 N–H and O–H groups in total. The van der Waals surface area contributed by atoms with Gasteiger partial charge in [0.05, 0.1) is 5.69 Å². The maximum Gasteiger partial charge on any atom is 0.252 e. The lowest BCUT2D eigenvalue weighted by Crippen LogP contribution is -2.62. The molecule has 0 saturated carbocycles. The molecule has 2 heterocycles. The first-order valence-electron chi connectivity index (χ1n) is 30.9. The third kappa shape index (κ3) is 8.96. The molecule has 0 fully saturated rings. The smallest absolute Gasteiger partial charge is 0.252 e. The van der Waals surface area contributed by atoms with E-state index in [0.717, 1.165) is 19.3 Å². The molecule has 9 aromatic rings. The van der Waals surface area contributed by atoms with Crippen molar-refractivity contribution >= 4 is 57.2 Å². The fourth-order valence-corrected chi connectivity index (χ4v) is 15.0.